The summed E-state index contributed by atoms with van der Waals surface area (Å²) in [6.07, 6.45) is 18.0. The molecule has 6 aromatic heterocycles. The fourth-order valence-corrected chi connectivity index (χ4v) is 16.5. The van der Waals surface area contributed by atoms with Crippen LogP contribution in [0.4, 0.5) is 0 Å². The number of hydrogen-bond acceptors (Lipinski definition) is 17. The van der Waals surface area contributed by atoms with Crippen LogP contribution in [0.1, 0.15) is 196 Å². The van der Waals surface area contributed by atoms with E-state index in [1.54, 1.807) is 82.2 Å². The Morgan fingerprint density at radius 3 is 1.28 bits per heavy atom. The molecule has 0 amide bonds. The van der Waals surface area contributed by atoms with Crippen molar-refractivity contribution in [2.24, 2.45) is 0 Å². The predicted octanol–water partition coefficient (Wildman–Crippen LogP) is 11.3. The second kappa shape index (κ2) is 58.4. The number of terminal acetylenes is 1. The van der Waals surface area contributed by atoms with Crippen LogP contribution in [0.2, 0.25) is 5.15 Å². The quantitative estimate of drug-likeness (QED) is 0.0286. The monoisotopic (exact) mass is 2010 g/mol. The van der Waals surface area contributed by atoms with Gasteiger partial charge in [-0.15, -0.1) is 6.42 Å². The van der Waals surface area contributed by atoms with Crippen LogP contribution in [-0.4, -0.2) is 93.2 Å². The molecule has 10 rings (SSSR count). The van der Waals surface area contributed by atoms with Gasteiger partial charge in [0.05, 0.1) is 35.7 Å². The first-order chi connectivity index (χ1) is 56.8. The van der Waals surface area contributed by atoms with Crippen LogP contribution in [0.3, 0.4) is 0 Å². The Hall–Kier alpha value is -9.68. The Kier molecular flexibility index (Phi) is 53.8. The fraction of sp³-hybridized carbons (Fsp3) is 0.289. The van der Waals surface area contributed by atoms with Crippen molar-refractivity contribution in [1.82, 2.24) is 49.1 Å². The molecule has 26 heteroatoms. The first-order valence-corrected chi connectivity index (χ1v) is 38.8. The molecule has 0 aliphatic heterocycles. The Bertz CT molecular complexity index is 6040. The number of halogens is 1. The van der Waals surface area contributed by atoms with E-state index in [0.717, 1.165) is 69.9 Å². The Balaban J connectivity index is 0. The van der Waals surface area contributed by atoms with Crippen LogP contribution < -0.4 is 153 Å². The number of aryl methyl sites for hydroxylation is 4. The SMILES string of the molecule is C#CC#CC#CC#CC#CC#CC#CC#CC#CC#CC.CC(=O)O.CC(=O)O.Cc1c(C)c(C)c(P(C(C)(C)C)C(C)(C)C)c(-c2c(C(C)C)cc(C(C)C)cc2C(C)C)c1C.Cc1ncnc(C)c1-c1ccc(O)cc1C#N.Cc1ncnc(C)c1-c1ccc(Oc2nccn3nccc23)cc1C#N.Clc1nccn2nccc12.O=CO[O-].[Cs+].[Cs+].[H-].[Pd]. The molecule has 10 aromatic rings. The molecule has 0 saturated carbocycles. The number of ether oxygens (including phenoxy) is 1. The normalized spacial score (nSPS) is 9.35. The van der Waals surface area contributed by atoms with Crippen LogP contribution in [0, 0.1) is 197 Å². The Morgan fingerprint density at radius 1 is 0.537 bits per heavy atom. The van der Waals surface area contributed by atoms with Gasteiger partial charge >= 0.3 is 138 Å². The maximum absolute atomic E-state index is 9.61. The summed E-state index contributed by atoms with van der Waals surface area (Å²) in [5, 5.41) is 62.0. The molecule has 0 spiro atoms. The summed E-state index contributed by atoms with van der Waals surface area (Å²) in [5.41, 5.74) is 22.6. The third-order valence-electron chi connectivity index (χ3n) is 16.8. The van der Waals surface area contributed by atoms with Crippen LogP contribution in [-0.2, 0) is 39.7 Å². The number of hydrogen-bond donors (Lipinski definition) is 3. The van der Waals surface area contributed by atoms with Crippen molar-refractivity contribution in [1.29, 1.82) is 10.5 Å². The van der Waals surface area contributed by atoms with E-state index in [4.69, 9.17) is 57.9 Å². The topological polar surface area (TPSA) is 313 Å². The van der Waals surface area contributed by atoms with Crippen molar-refractivity contribution in [2.75, 3.05) is 0 Å². The number of fused-ring (bicyclic) bond motifs is 2. The number of carboxylic acids is 2. The third kappa shape index (κ3) is 37.3. The average Bonchev–Trinajstić information content (AvgIpc) is 0.786. The van der Waals surface area contributed by atoms with Crippen molar-refractivity contribution in [3.8, 4) is 182 Å². The zero-order chi connectivity index (χ0) is 90.0. The Labute approximate surface area is 863 Å². The first-order valence-electron chi connectivity index (χ1n) is 37.1. The molecule has 21 nitrogen and oxygen atoms in total. The average molecular weight is 2010 g/mol. The van der Waals surface area contributed by atoms with Crippen LogP contribution in [0.25, 0.3) is 44.4 Å². The molecule has 0 saturated heterocycles. The van der Waals surface area contributed by atoms with Gasteiger partial charge in [-0.2, -0.15) is 20.7 Å². The van der Waals surface area contributed by atoms with Crippen molar-refractivity contribution in [3.63, 3.8) is 0 Å². The number of rotatable bonds is 10. The maximum Gasteiger partial charge on any atom is 1.00 e. The van der Waals surface area contributed by atoms with Crippen molar-refractivity contribution in [3.05, 3.63) is 188 Å². The number of carbonyl (C=O) groups is 3. The number of carbonyl (C=O) groups excluding carboxylic acids is 1. The zero-order valence-corrected chi connectivity index (χ0v) is 89.8. The second-order valence-corrected chi connectivity index (χ2v) is 32.7. The molecule has 6 heterocycles. The number of aromatic hydroxyl groups is 1. The standard InChI is InChI=1S/C33H53P.C21H4.C19H14N6O.C13H11N3O.C6H4ClN3.2C2H4O2.CH2O3.2Cs.Pd.H/c1-19(2)26-17-27(20(3)4)30(28(18-26)21(5)6)29-24(9)22(7)23(8)25(10)31(29)34(32(11,12)13)33(14,15)16;1-3-5-7-9-11-13-15-17-19-21-20-18-16-14-12-10-8-6-4-2;1-12-18(13(2)23-11-22-12)16-4-3-15(9-14(16)10-20)26-19-17-5-6-24-25(17)8-7-21-19;1-8-13(9(2)16-7-15-8)12-4-3-11(17)5-10(12)6-14;7-6-5-1-2-9-10(5)4-3-8-6;2*1-2(3)4;2-1-4-3;;;;/h17-21H,1-16H3;1H,2H3;3-9,11H,1-2H3;3-5,7,17H,1-2H3;1-4H;2*1H3,(H,3,4);1,3H;;;;/q;;;;;;;;2*+1;;-1/p-1. The van der Waals surface area contributed by atoms with Gasteiger partial charge in [0.2, 0.25) is 5.88 Å². The van der Waals surface area contributed by atoms with Crippen molar-refractivity contribution < 1.29 is 204 Å². The number of aliphatic carboxylic acids is 2. The third-order valence-corrected chi connectivity index (χ3v) is 20.8. The summed E-state index contributed by atoms with van der Waals surface area (Å²) in [6, 6.07) is 23.1. The van der Waals surface area contributed by atoms with E-state index >= 15 is 0 Å². The van der Waals surface area contributed by atoms with Gasteiger partial charge in [0.25, 0.3) is 18.4 Å². The number of carboxylic acid groups (broad SMARTS) is 2. The molecule has 0 bridgehead atoms. The molecule has 0 atom stereocenters. The van der Waals surface area contributed by atoms with Gasteiger partial charge in [0.15, 0.2) is 5.15 Å². The molecule has 123 heavy (non-hydrogen) atoms. The van der Waals surface area contributed by atoms with Gasteiger partial charge in [-0.25, -0.2) is 38.9 Å². The molecule has 0 radical (unpaired) electrons. The van der Waals surface area contributed by atoms with E-state index in [-0.39, 0.29) is 182 Å². The largest absolute Gasteiger partial charge is 1.00 e. The molecular weight excluding hydrogens is 1920 g/mol. The molecule has 0 aliphatic carbocycles. The second-order valence-electron chi connectivity index (χ2n) is 28.6. The van der Waals surface area contributed by atoms with E-state index < -0.39 is 19.9 Å². The number of aromatic nitrogens is 10. The molecule has 4 aromatic carbocycles. The smallest absolute Gasteiger partial charge is 1.00 e. The van der Waals surface area contributed by atoms with Gasteiger partial charge in [-0.3, -0.25) is 14.4 Å². The molecule has 0 aliphatic rings. The van der Waals surface area contributed by atoms with Gasteiger partial charge < -0.3 is 31.6 Å². The van der Waals surface area contributed by atoms with E-state index in [1.807, 2.05) is 52.0 Å². The number of nitriles is 2. The summed E-state index contributed by atoms with van der Waals surface area (Å²) in [4.78, 5) is 54.1. The van der Waals surface area contributed by atoms with E-state index in [1.165, 1.54) is 63.2 Å². The molecule has 622 valence electrons. The summed E-state index contributed by atoms with van der Waals surface area (Å²) >= 11 is 5.73. The van der Waals surface area contributed by atoms with Gasteiger partial charge in [0.1, 0.15) is 35.2 Å². The molecule has 0 fully saturated rings. The van der Waals surface area contributed by atoms with E-state index in [2.05, 4.69) is 293 Å². The maximum atomic E-state index is 9.61. The number of nitrogens with zero attached hydrogens (tertiary/aromatic N) is 12. The zero-order valence-electron chi connectivity index (χ0n) is 75.1. The van der Waals surface area contributed by atoms with Crippen LogP contribution in [0.15, 0.2) is 110 Å². The minimum atomic E-state index is -0.833. The van der Waals surface area contributed by atoms with Gasteiger partial charge in [-0.1, -0.05) is 121 Å². The predicted molar refractivity (Wildman–Crippen MR) is 475 cm³/mol. The molecule has 3 N–H and O–H groups in total. The van der Waals surface area contributed by atoms with Gasteiger partial charge in [0, 0.05) is 116 Å². The number of benzene rings is 4. The minimum Gasteiger partial charge on any atom is -1.00 e. The van der Waals surface area contributed by atoms with Crippen LogP contribution >= 0.6 is 19.5 Å². The van der Waals surface area contributed by atoms with Crippen molar-refractivity contribution in [2.45, 2.75) is 187 Å². The van der Waals surface area contributed by atoms with Crippen molar-refractivity contribution >= 4 is 54.3 Å². The van der Waals surface area contributed by atoms with E-state index in [0.29, 0.717) is 45.7 Å². The summed E-state index contributed by atoms with van der Waals surface area (Å²) in [5.74, 6) is 47.8. The fourth-order valence-electron chi connectivity index (χ4n) is 11.9. The molecule has 0 unspecified atom stereocenters. The summed E-state index contributed by atoms with van der Waals surface area (Å²) < 4.78 is 9.24. The number of phenols is 1. The number of phenolic OH excluding ortho intramolecular Hbond substituents is 1. The van der Waals surface area contributed by atoms with Gasteiger partial charge in [-0.05, 0) is 289 Å². The van der Waals surface area contributed by atoms with Crippen LogP contribution in [0.5, 0.6) is 17.4 Å². The molecular formula is C97H96ClCs2N12O9PPd. The minimum absolute atomic E-state index is 0. The summed E-state index contributed by atoms with van der Waals surface area (Å²) in [6.45, 7) is 49.7. The Morgan fingerprint density at radius 2 is 0.911 bits per heavy atom. The summed E-state index contributed by atoms with van der Waals surface area (Å²) in [7, 11) is -0.431. The first kappa shape index (κ1) is 113. The van der Waals surface area contributed by atoms with E-state index in [9.17, 15) is 10.4 Å².